The van der Waals surface area contributed by atoms with Crippen molar-refractivity contribution in [1.29, 1.82) is 0 Å². The van der Waals surface area contributed by atoms with Gasteiger partial charge in [-0.2, -0.15) is 5.10 Å². The molecule has 1 atom stereocenters. The van der Waals surface area contributed by atoms with Gasteiger partial charge in [-0.3, -0.25) is 4.68 Å². The molecule has 102 valence electrons. The highest BCUT2D eigenvalue weighted by Gasteiger charge is 2.10. The topological polar surface area (TPSA) is 29.9 Å². The Bertz CT molecular complexity index is 551. The summed E-state index contributed by atoms with van der Waals surface area (Å²) in [7, 11) is 0. The lowest BCUT2D eigenvalue weighted by atomic mass is 10.2. The van der Waals surface area contributed by atoms with Crippen LogP contribution >= 0.6 is 0 Å². The fourth-order valence-electron chi connectivity index (χ4n) is 1.83. The molecular formula is C14H17F2N3. The van der Waals surface area contributed by atoms with Crippen LogP contribution in [-0.4, -0.2) is 9.78 Å². The molecule has 1 unspecified atom stereocenters. The molecule has 1 aromatic carbocycles. The first kappa shape index (κ1) is 13.7. The van der Waals surface area contributed by atoms with Gasteiger partial charge in [0, 0.05) is 30.9 Å². The fourth-order valence-corrected chi connectivity index (χ4v) is 1.83. The number of hydrogen-bond acceptors (Lipinski definition) is 2. The van der Waals surface area contributed by atoms with Crippen LogP contribution in [0.15, 0.2) is 30.5 Å². The minimum Gasteiger partial charge on any atom is -0.305 e. The van der Waals surface area contributed by atoms with Crippen LogP contribution in [-0.2, 0) is 13.1 Å². The minimum atomic E-state index is -0.430. The molecule has 3 nitrogen and oxygen atoms in total. The van der Waals surface area contributed by atoms with E-state index in [0.717, 1.165) is 24.4 Å². The molecule has 0 aliphatic rings. The van der Waals surface area contributed by atoms with Gasteiger partial charge in [-0.25, -0.2) is 8.78 Å². The molecule has 0 spiro atoms. The van der Waals surface area contributed by atoms with E-state index < -0.39 is 11.6 Å². The second kappa shape index (κ2) is 5.93. The van der Waals surface area contributed by atoms with Gasteiger partial charge in [0.1, 0.15) is 11.6 Å². The second-order valence-electron chi connectivity index (χ2n) is 4.43. The van der Waals surface area contributed by atoms with Crippen LogP contribution in [0.3, 0.4) is 0 Å². The first-order valence-corrected chi connectivity index (χ1v) is 6.30. The highest BCUT2D eigenvalue weighted by atomic mass is 19.1. The van der Waals surface area contributed by atoms with Gasteiger partial charge in [-0.15, -0.1) is 0 Å². The summed E-state index contributed by atoms with van der Waals surface area (Å²) in [6.45, 7) is 5.03. The largest absolute Gasteiger partial charge is 0.305 e. The Morgan fingerprint density at radius 1 is 1.32 bits per heavy atom. The molecule has 1 N–H and O–H groups in total. The lowest BCUT2D eigenvalue weighted by molar-refractivity contribution is 0.519. The third-order valence-electron chi connectivity index (χ3n) is 3.04. The summed E-state index contributed by atoms with van der Waals surface area (Å²) in [5, 5.41) is 7.51. The Morgan fingerprint density at radius 3 is 2.79 bits per heavy atom. The van der Waals surface area contributed by atoms with Crippen LogP contribution in [0.4, 0.5) is 8.78 Å². The lowest BCUT2D eigenvalue weighted by Gasteiger charge is -2.12. The maximum Gasteiger partial charge on any atom is 0.127 e. The molecule has 2 rings (SSSR count). The van der Waals surface area contributed by atoms with Gasteiger partial charge in [0.25, 0.3) is 0 Å². The van der Waals surface area contributed by atoms with Gasteiger partial charge in [0.15, 0.2) is 0 Å². The van der Waals surface area contributed by atoms with Gasteiger partial charge in [0.05, 0.1) is 5.69 Å². The number of benzene rings is 1. The Balaban J connectivity index is 1.99. The Morgan fingerprint density at radius 2 is 2.11 bits per heavy atom. The maximum atomic E-state index is 13.5. The van der Waals surface area contributed by atoms with Crippen molar-refractivity contribution < 1.29 is 8.78 Å². The van der Waals surface area contributed by atoms with Gasteiger partial charge in [-0.05, 0) is 38.1 Å². The van der Waals surface area contributed by atoms with Crippen molar-refractivity contribution in [3.05, 3.63) is 53.4 Å². The summed E-state index contributed by atoms with van der Waals surface area (Å²) in [6.07, 6.45) is 1.90. The average Bonchev–Trinajstić information content (AvgIpc) is 2.88. The molecule has 5 heteroatoms. The molecule has 0 amide bonds. The molecule has 19 heavy (non-hydrogen) atoms. The number of aromatic nitrogens is 2. The molecule has 0 saturated heterocycles. The molecular weight excluding hydrogens is 248 g/mol. The molecule has 0 bridgehead atoms. The number of nitrogens with one attached hydrogen (secondary N) is 1. The van der Waals surface area contributed by atoms with Crippen LogP contribution in [0.2, 0.25) is 0 Å². The van der Waals surface area contributed by atoms with Crippen LogP contribution in [0.25, 0.3) is 0 Å². The van der Waals surface area contributed by atoms with E-state index in [0.29, 0.717) is 5.56 Å². The predicted molar refractivity (Wildman–Crippen MR) is 69.5 cm³/mol. The zero-order valence-corrected chi connectivity index (χ0v) is 11.0. The quantitative estimate of drug-likeness (QED) is 0.900. The Kier molecular flexibility index (Phi) is 4.27. The van der Waals surface area contributed by atoms with E-state index in [1.807, 2.05) is 30.8 Å². The predicted octanol–water partition coefficient (Wildman–Crippen LogP) is 3.03. The summed E-state index contributed by atoms with van der Waals surface area (Å²) in [6, 6.07) is 5.37. The molecule has 0 aliphatic heterocycles. The zero-order chi connectivity index (χ0) is 13.8. The average molecular weight is 265 g/mol. The summed E-state index contributed by atoms with van der Waals surface area (Å²) in [5.74, 6) is -0.832. The van der Waals surface area contributed by atoms with E-state index >= 15 is 0 Å². The van der Waals surface area contributed by atoms with Gasteiger partial charge in [-0.1, -0.05) is 0 Å². The van der Waals surface area contributed by atoms with Crippen LogP contribution in [0.1, 0.15) is 31.1 Å². The van der Waals surface area contributed by atoms with Crippen molar-refractivity contribution in [2.24, 2.45) is 0 Å². The molecule has 0 radical (unpaired) electrons. The van der Waals surface area contributed by atoms with Crippen molar-refractivity contribution in [2.45, 2.75) is 33.0 Å². The Hall–Kier alpha value is -1.75. The van der Waals surface area contributed by atoms with Crippen molar-refractivity contribution in [1.82, 2.24) is 15.1 Å². The highest BCUT2D eigenvalue weighted by Crippen LogP contribution is 2.13. The maximum absolute atomic E-state index is 13.5. The van der Waals surface area contributed by atoms with E-state index in [9.17, 15) is 8.78 Å². The monoisotopic (exact) mass is 265 g/mol. The van der Waals surface area contributed by atoms with Gasteiger partial charge < -0.3 is 5.32 Å². The van der Waals surface area contributed by atoms with E-state index in [2.05, 4.69) is 10.4 Å². The first-order valence-electron chi connectivity index (χ1n) is 6.30. The lowest BCUT2D eigenvalue weighted by Crippen LogP contribution is -2.19. The summed E-state index contributed by atoms with van der Waals surface area (Å²) in [5.41, 5.74) is 1.21. The normalized spacial score (nSPS) is 12.6. The number of halogens is 2. The highest BCUT2D eigenvalue weighted by molar-refractivity contribution is 5.19. The number of hydrogen-bond donors (Lipinski definition) is 1. The standard InChI is InChI=1S/C14H17F2N3/c1-3-19-7-6-14(18-19)10(2)17-9-11-8-12(15)4-5-13(11)16/h4-8,10,17H,3,9H2,1-2H3. The molecule has 1 heterocycles. The van der Waals surface area contributed by atoms with Crippen molar-refractivity contribution >= 4 is 0 Å². The molecule has 1 aromatic heterocycles. The summed E-state index contributed by atoms with van der Waals surface area (Å²) < 4.78 is 28.3. The number of rotatable bonds is 5. The third kappa shape index (κ3) is 3.38. The molecule has 0 saturated carbocycles. The van der Waals surface area contributed by atoms with E-state index in [-0.39, 0.29) is 12.6 Å². The van der Waals surface area contributed by atoms with Gasteiger partial charge >= 0.3 is 0 Å². The fraction of sp³-hybridized carbons (Fsp3) is 0.357. The third-order valence-corrected chi connectivity index (χ3v) is 3.04. The Labute approximate surface area is 111 Å². The molecule has 2 aromatic rings. The van der Waals surface area contributed by atoms with Crippen LogP contribution in [0, 0.1) is 11.6 Å². The molecule has 0 aliphatic carbocycles. The van der Waals surface area contributed by atoms with Crippen molar-refractivity contribution in [3.8, 4) is 0 Å². The zero-order valence-electron chi connectivity index (χ0n) is 11.0. The number of aryl methyl sites for hydroxylation is 1. The van der Waals surface area contributed by atoms with Crippen molar-refractivity contribution in [3.63, 3.8) is 0 Å². The van der Waals surface area contributed by atoms with E-state index in [4.69, 9.17) is 0 Å². The SMILES string of the molecule is CCn1ccc(C(C)NCc2cc(F)ccc2F)n1. The van der Waals surface area contributed by atoms with Crippen molar-refractivity contribution in [2.75, 3.05) is 0 Å². The summed E-state index contributed by atoms with van der Waals surface area (Å²) in [4.78, 5) is 0. The second-order valence-corrected chi connectivity index (χ2v) is 4.43. The first-order chi connectivity index (χ1) is 9.10. The summed E-state index contributed by atoms with van der Waals surface area (Å²) >= 11 is 0. The van der Waals surface area contributed by atoms with Gasteiger partial charge in [0.2, 0.25) is 0 Å². The smallest absolute Gasteiger partial charge is 0.127 e. The number of nitrogens with zero attached hydrogens (tertiary/aromatic N) is 2. The molecule has 0 fully saturated rings. The minimum absolute atomic E-state index is 0.0181. The van der Waals surface area contributed by atoms with E-state index in [1.54, 1.807) is 0 Å². The van der Waals surface area contributed by atoms with E-state index in [1.165, 1.54) is 6.07 Å². The van der Waals surface area contributed by atoms with Crippen LogP contribution in [0.5, 0.6) is 0 Å². The van der Waals surface area contributed by atoms with Crippen LogP contribution < -0.4 is 5.32 Å².